The van der Waals surface area contributed by atoms with Crippen molar-refractivity contribution in [3.63, 3.8) is 0 Å². The minimum absolute atomic E-state index is 0.0498. The molecule has 3 nitrogen and oxygen atoms in total. The summed E-state index contributed by atoms with van der Waals surface area (Å²) >= 11 is 0. The highest BCUT2D eigenvalue weighted by Gasteiger charge is 2.39. The number of aromatic nitrogens is 1. The lowest BCUT2D eigenvalue weighted by atomic mass is 9.77. The number of para-hydroxylation sites is 1. The molecule has 0 radical (unpaired) electrons. The van der Waals surface area contributed by atoms with Gasteiger partial charge in [0.25, 0.3) is 0 Å². The van der Waals surface area contributed by atoms with Gasteiger partial charge < -0.3 is 5.73 Å². The van der Waals surface area contributed by atoms with Crippen LogP contribution < -0.4 is 5.73 Å². The molecule has 1 aromatic carbocycles. The van der Waals surface area contributed by atoms with E-state index in [1.54, 1.807) is 0 Å². The molecule has 3 heteroatoms. The minimum Gasteiger partial charge on any atom is -0.323 e. The van der Waals surface area contributed by atoms with E-state index < -0.39 is 0 Å². The number of nitrogens with zero attached hydrogens (tertiary/aromatic N) is 2. The van der Waals surface area contributed by atoms with Crippen molar-refractivity contribution in [3.8, 4) is 0 Å². The van der Waals surface area contributed by atoms with Gasteiger partial charge in [-0.1, -0.05) is 30.4 Å². The van der Waals surface area contributed by atoms with Crippen molar-refractivity contribution in [3.05, 3.63) is 54.2 Å². The summed E-state index contributed by atoms with van der Waals surface area (Å²) in [6.45, 7) is 6.40. The molecule has 3 aliphatic rings. The molecule has 0 saturated carbocycles. The van der Waals surface area contributed by atoms with Crippen molar-refractivity contribution in [1.82, 2.24) is 9.88 Å². The van der Waals surface area contributed by atoms with E-state index in [0.29, 0.717) is 12.0 Å². The summed E-state index contributed by atoms with van der Waals surface area (Å²) in [5, 5.41) is 1.19. The Morgan fingerprint density at radius 1 is 1.29 bits per heavy atom. The van der Waals surface area contributed by atoms with Crippen LogP contribution >= 0.6 is 0 Å². The molecule has 5 rings (SSSR count). The summed E-state index contributed by atoms with van der Waals surface area (Å²) in [7, 11) is 0. The molecule has 0 aliphatic carbocycles. The third-order valence-electron chi connectivity index (χ3n) is 5.20. The van der Waals surface area contributed by atoms with Crippen molar-refractivity contribution in [2.45, 2.75) is 24.9 Å². The first-order valence-electron chi connectivity index (χ1n) is 7.75. The first-order valence-corrected chi connectivity index (χ1v) is 7.75. The number of benzene rings is 1. The molecule has 3 aliphatic heterocycles. The van der Waals surface area contributed by atoms with Gasteiger partial charge in [-0.25, -0.2) is 0 Å². The van der Waals surface area contributed by atoms with Crippen LogP contribution in [0.25, 0.3) is 10.9 Å². The van der Waals surface area contributed by atoms with Crippen LogP contribution in [0, 0.1) is 5.92 Å². The maximum Gasteiger partial charge on any atom is 0.0705 e. The van der Waals surface area contributed by atoms with Crippen LogP contribution in [0.2, 0.25) is 0 Å². The van der Waals surface area contributed by atoms with Gasteiger partial charge in [-0.2, -0.15) is 0 Å². The van der Waals surface area contributed by atoms with Crippen LogP contribution in [0.5, 0.6) is 0 Å². The second-order valence-electron chi connectivity index (χ2n) is 6.36. The Morgan fingerprint density at radius 2 is 2.14 bits per heavy atom. The maximum absolute atomic E-state index is 6.67. The lowest BCUT2D eigenvalue weighted by Gasteiger charge is -2.49. The average molecular weight is 279 g/mol. The topological polar surface area (TPSA) is 42.1 Å². The van der Waals surface area contributed by atoms with Crippen LogP contribution in [0.15, 0.2) is 48.7 Å². The molecule has 2 N–H and O–H groups in total. The summed E-state index contributed by atoms with van der Waals surface area (Å²) in [5.74, 6) is 0.666. The van der Waals surface area contributed by atoms with Gasteiger partial charge in [-0.05, 0) is 43.0 Å². The highest BCUT2D eigenvalue weighted by Crippen LogP contribution is 2.39. The third kappa shape index (κ3) is 2.08. The quantitative estimate of drug-likeness (QED) is 0.860. The van der Waals surface area contributed by atoms with Crippen LogP contribution in [0.3, 0.4) is 0 Å². The van der Waals surface area contributed by atoms with Crippen LogP contribution in [0.1, 0.15) is 24.4 Å². The molecule has 2 unspecified atom stereocenters. The Kier molecular flexibility index (Phi) is 3.05. The fraction of sp³-hybridized carbons (Fsp3) is 0.389. The van der Waals surface area contributed by atoms with Gasteiger partial charge in [0.05, 0.1) is 5.52 Å². The first-order chi connectivity index (χ1) is 10.2. The Hall–Kier alpha value is -1.71. The van der Waals surface area contributed by atoms with Crippen molar-refractivity contribution in [2.24, 2.45) is 11.7 Å². The van der Waals surface area contributed by atoms with E-state index in [2.05, 4.69) is 40.7 Å². The van der Waals surface area contributed by atoms with E-state index in [0.717, 1.165) is 25.0 Å². The Labute approximate surface area is 125 Å². The molecule has 1 aromatic heterocycles. The van der Waals surface area contributed by atoms with Crippen molar-refractivity contribution >= 4 is 10.9 Å². The van der Waals surface area contributed by atoms with Crippen molar-refractivity contribution in [2.75, 3.05) is 13.1 Å². The SMILES string of the molecule is C=C1CN2CCC1C[C@@H]2[C@H](N)c1ccnc2ccccc12. The number of nitrogens with two attached hydrogens (primary N) is 1. The fourth-order valence-corrected chi connectivity index (χ4v) is 3.99. The summed E-state index contributed by atoms with van der Waals surface area (Å²) in [5.41, 5.74) is 10.3. The summed E-state index contributed by atoms with van der Waals surface area (Å²) in [4.78, 5) is 6.96. The standard InChI is InChI=1S/C18H21N3/c1-12-11-21-9-7-13(12)10-17(21)18(19)15-6-8-20-16-5-3-2-4-14(15)16/h2-6,8,13,17-18H,1,7,9-11,19H2/t13?,17-,18-/m1/s1. The second kappa shape index (κ2) is 4.93. The number of piperidine rings is 3. The van der Waals surface area contributed by atoms with Gasteiger partial charge >= 0.3 is 0 Å². The molecule has 3 fully saturated rings. The van der Waals surface area contributed by atoms with Gasteiger partial charge in [0.15, 0.2) is 0 Å². The zero-order valence-corrected chi connectivity index (χ0v) is 12.2. The molecule has 2 aromatic rings. The summed E-state index contributed by atoms with van der Waals surface area (Å²) in [6, 6.07) is 10.9. The van der Waals surface area contributed by atoms with Crippen molar-refractivity contribution in [1.29, 1.82) is 0 Å². The molecule has 4 heterocycles. The predicted octanol–water partition coefficient (Wildman–Crippen LogP) is 2.89. The third-order valence-corrected chi connectivity index (χ3v) is 5.20. The first kappa shape index (κ1) is 13.0. The molecular formula is C18H21N3. The smallest absolute Gasteiger partial charge is 0.0705 e. The highest BCUT2D eigenvalue weighted by molar-refractivity contribution is 5.82. The summed E-state index contributed by atoms with van der Waals surface area (Å²) in [6.07, 6.45) is 4.28. The lowest BCUT2D eigenvalue weighted by molar-refractivity contribution is 0.0745. The summed E-state index contributed by atoms with van der Waals surface area (Å²) < 4.78 is 0. The molecule has 0 amide bonds. The van der Waals surface area contributed by atoms with E-state index in [1.165, 1.54) is 22.9 Å². The average Bonchev–Trinajstić information content (AvgIpc) is 2.54. The molecule has 4 atom stereocenters. The number of rotatable bonds is 2. The molecule has 2 bridgehead atoms. The number of hydrogen-bond acceptors (Lipinski definition) is 3. The fourth-order valence-electron chi connectivity index (χ4n) is 3.99. The molecule has 0 spiro atoms. The van der Waals surface area contributed by atoms with E-state index in [9.17, 15) is 0 Å². The minimum atomic E-state index is 0.0498. The number of pyridine rings is 1. The van der Waals surface area contributed by atoms with Crippen LogP contribution in [-0.4, -0.2) is 29.0 Å². The van der Waals surface area contributed by atoms with E-state index in [1.807, 2.05) is 12.3 Å². The molecule has 108 valence electrons. The maximum atomic E-state index is 6.67. The van der Waals surface area contributed by atoms with Gasteiger partial charge in [0.2, 0.25) is 0 Å². The van der Waals surface area contributed by atoms with Gasteiger partial charge in [0, 0.05) is 30.2 Å². The van der Waals surface area contributed by atoms with Gasteiger partial charge in [0.1, 0.15) is 0 Å². The van der Waals surface area contributed by atoms with E-state index >= 15 is 0 Å². The van der Waals surface area contributed by atoms with Gasteiger partial charge in [-0.3, -0.25) is 9.88 Å². The van der Waals surface area contributed by atoms with Crippen LogP contribution in [0.4, 0.5) is 0 Å². The Bertz CT molecular complexity index is 688. The Balaban J connectivity index is 1.71. The van der Waals surface area contributed by atoms with Gasteiger partial charge in [-0.15, -0.1) is 0 Å². The highest BCUT2D eigenvalue weighted by atomic mass is 15.2. The van der Waals surface area contributed by atoms with Crippen molar-refractivity contribution < 1.29 is 0 Å². The van der Waals surface area contributed by atoms with E-state index in [4.69, 9.17) is 5.73 Å². The van der Waals surface area contributed by atoms with E-state index in [-0.39, 0.29) is 6.04 Å². The molecule has 3 saturated heterocycles. The number of fused-ring (bicyclic) bond motifs is 4. The molecule has 21 heavy (non-hydrogen) atoms. The van der Waals surface area contributed by atoms with Crippen LogP contribution in [-0.2, 0) is 0 Å². The Morgan fingerprint density at radius 3 is 2.90 bits per heavy atom. The zero-order valence-electron chi connectivity index (χ0n) is 12.2. The largest absolute Gasteiger partial charge is 0.323 e. The zero-order chi connectivity index (χ0) is 14.4. The normalized spacial score (nSPS) is 29.8. The lowest BCUT2D eigenvalue weighted by Crippen LogP contribution is -2.53. The molecular weight excluding hydrogens is 258 g/mol. The monoisotopic (exact) mass is 279 g/mol. The number of hydrogen-bond donors (Lipinski definition) is 1. The second-order valence-corrected chi connectivity index (χ2v) is 6.36. The predicted molar refractivity (Wildman–Crippen MR) is 85.9 cm³/mol.